The highest BCUT2D eigenvalue weighted by Crippen LogP contribution is 2.38. The summed E-state index contributed by atoms with van der Waals surface area (Å²) in [5.74, 6) is -2.15. The molecule has 4 aromatic rings. The smallest absolute Gasteiger partial charge is 0.437 e. The lowest BCUT2D eigenvalue weighted by Crippen LogP contribution is -2.41. The maximum Gasteiger partial charge on any atom is 0.437 e. The van der Waals surface area contributed by atoms with E-state index in [0.29, 0.717) is 16.6 Å². The second kappa shape index (κ2) is 7.08. The van der Waals surface area contributed by atoms with Gasteiger partial charge in [-0.05, 0) is 18.2 Å². The van der Waals surface area contributed by atoms with Gasteiger partial charge >= 0.3 is 12.4 Å². The van der Waals surface area contributed by atoms with Crippen LogP contribution in [-0.4, -0.2) is 41.9 Å². The van der Waals surface area contributed by atoms with Crippen LogP contribution in [0.5, 0.6) is 0 Å². The Hall–Kier alpha value is -3.84. The van der Waals surface area contributed by atoms with Crippen molar-refractivity contribution in [2.45, 2.75) is 24.8 Å². The van der Waals surface area contributed by atoms with Gasteiger partial charge in [-0.1, -0.05) is 6.07 Å². The molecule has 1 aliphatic heterocycles. The van der Waals surface area contributed by atoms with Crippen LogP contribution < -0.4 is 0 Å². The summed E-state index contributed by atoms with van der Waals surface area (Å²) in [6, 6.07) is 3.62. The minimum atomic E-state index is -4.94. The van der Waals surface area contributed by atoms with Gasteiger partial charge in [0.1, 0.15) is 11.7 Å². The fraction of sp³-hybridized carbons (Fsp3) is 0.263. The third-order valence-electron chi connectivity index (χ3n) is 5.29. The average Bonchev–Trinajstić information content (AvgIpc) is 3.49. The number of oxazole rings is 1. The van der Waals surface area contributed by atoms with Crippen LogP contribution in [0, 0.1) is 0 Å². The number of carbonyl (C=O) groups excluding carboxylic acids is 1. The van der Waals surface area contributed by atoms with Gasteiger partial charge in [-0.2, -0.15) is 31.4 Å². The van der Waals surface area contributed by atoms with Crippen molar-refractivity contribution >= 4 is 11.4 Å². The molecule has 14 heteroatoms. The molecule has 1 atom stereocenters. The predicted octanol–water partition coefficient (Wildman–Crippen LogP) is 3.87. The van der Waals surface area contributed by atoms with Crippen LogP contribution in [0.25, 0.3) is 5.52 Å². The molecule has 0 saturated heterocycles. The van der Waals surface area contributed by atoms with Crippen LogP contribution >= 0.6 is 0 Å². The summed E-state index contributed by atoms with van der Waals surface area (Å²) in [5, 5.41) is 4.05. The minimum absolute atomic E-state index is 0.00109. The first-order valence-corrected chi connectivity index (χ1v) is 9.45. The van der Waals surface area contributed by atoms with Crippen molar-refractivity contribution in [1.82, 2.24) is 29.5 Å². The molecule has 1 N–H and O–H groups in total. The molecule has 0 fully saturated rings. The van der Waals surface area contributed by atoms with Crippen molar-refractivity contribution in [3.05, 3.63) is 71.2 Å². The van der Waals surface area contributed by atoms with E-state index in [4.69, 9.17) is 4.42 Å². The Morgan fingerprint density at radius 1 is 1.12 bits per heavy atom. The second-order valence-corrected chi connectivity index (χ2v) is 7.26. The number of fused-ring (bicyclic) bond motifs is 2. The molecule has 4 aromatic heterocycles. The van der Waals surface area contributed by atoms with Gasteiger partial charge in [0, 0.05) is 18.7 Å². The van der Waals surface area contributed by atoms with E-state index in [2.05, 4.69) is 20.1 Å². The number of amides is 1. The molecule has 0 radical (unpaired) electrons. The zero-order valence-corrected chi connectivity index (χ0v) is 16.3. The number of nitrogens with zero attached hydrogens (tertiary/aromatic N) is 5. The number of aromatic amines is 1. The van der Waals surface area contributed by atoms with Crippen molar-refractivity contribution in [3.8, 4) is 0 Å². The number of hydrogen-bond acceptors (Lipinski definition) is 5. The third-order valence-corrected chi connectivity index (χ3v) is 5.29. The fourth-order valence-electron chi connectivity index (χ4n) is 3.91. The number of halogens is 6. The molecule has 5 rings (SSSR count). The summed E-state index contributed by atoms with van der Waals surface area (Å²) >= 11 is 0. The van der Waals surface area contributed by atoms with Crippen molar-refractivity contribution in [1.29, 1.82) is 0 Å². The van der Waals surface area contributed by atoms with Crippen LogP contribution in [0.3, 0.4) is 0 Å². The average molecular weight is 470 g/mol. The van der Waals surface area contributed by atoms with Crippen LogP contribution in [0.2, 0.25) is 0 Å². The van der Waals surface area contributed by atoms with Gasteiger partial charge in [-0.15, -0.1) is 0 Å². The van der Waals surface area contributed by atoms with E-state index >= 15 is 0 Å². The standard InChI is InChI=1S/C19H12F6N6O2/c20-18(21,22)12-3-1-2-9-6-11(29-31(9)12)14-13-10(26-7-27-13)4-5-30(14)17(32)15-16(19(23,24)25)28-8-33-15/h1-3,6-8,14H,4-5H2,(H,26,27)/t14-/m1/s1. The molecule has 0 bridgehead atoms. The molecule has 0 saturated carbocycles. The zero-order valence-electron chi connectivity index (χ0n) is 16.3. The fourth-order valence-corrected chi connectivity index (χ4v) is 3.91. The second-order valence-electron chi connectivity index (χ2n) is 7.26. The summed E-state index contributed by atoms with van der Waals surface area (Å²) in [5.41, 5.74) is -1.60. The number of carbonyl (C=O) groups is 1. The van der Waals surface area contributed by atoms with Crippen LogP contribution in [0.15, 0.2) is 41.4 Å². The summed E-state index contributed by atoms with van der Waals surface area (Å²) in [6.45, 7) is -0.0588. The zero-order chi connectivity index (χ0) is 23.5. The lowest BCUT2D eigenvalue weighted by Gasteiger charge is -2.33. The largest absolute Gasteiger partial charge is 0.438 e. The van der Waals surface area contributed by atoms with Gasteiger partial charge in [-0.3, -0.25) is 4.79 Å². The molecule has 0 aromatic carbocycles. The highest BCUT2D eigenvalue weighted by Gasteiger charge is 2.44. The lowest BCUT2D eigenvalue weighted by atomic mass is 9.99. The molecule has 1 aliphatic rings. The Kier molecular flexibility index (Phi) is 4.51. The summed E-state index contributed by atoms with van der Waals surface area (Å²) in [4.78, 5) is 24.3. The highest BCUT2D eigenvalue weighted by atomic mass is 19.4. The van der Waals surface area contributed by atoms with Gasteiger partial charge < -0.3 is 14.3 Å². The Labute approximate surface area is 179 Å². The number of alkyl halides is 6. The topological polar surface area (TPSA) is 92.3 Å². The predicted molar refractivity (Wildman–Crippen MR) is 96.9 cm³/mol. The molecule has 0 spiro atoms. The van der Waals surface area contributed by atoms with Gasteiger partial charge in [-0.25, -0.2) is 14.5 Å². The quantitative estimate of drug-likeness (QED) is 0.449. The first kappa shape index (κ1) is 21.0. The third kappa shape index (κ3) is 3.41. The van der Waals surface area contributed by atoms with Crippen molar-refractivity contribution in [3.63, 3.8) is 0 Å². The van der Waals surface area contributed by atoms with E-state index in [-0.39, 0.29) is 29.9 Å². The summed E-state index contributed by atoms with van der Waals surface area (Å²) < 4.78 is 85.6. The Balaban J connectivity index is 1.64. The number of pyridine rings is 1. The van der Waals surface area contributed by atoms with Crippen LogP contribution in [0.4, 0.5) is 26.3 Å². The van der Waals surface area contributed by atoms with Gasteiger partial charge in [0.15, 0.2) is 12.1 Å². The lowest BCUT2D eigenvalue weighted by molar-refractivity contribution is -0.143. The maximum atomic E-state index is 13.4. The number of rotatable bonds is 2. The van der Waals surface area contributed by atoms with E-state index < -0.39 is 41.4 Å². The van der Waals surface area contributed by atoms with Gasteiger partial charge in [0.25, 0.3) is 5.91 Å². The number of H-pyrrole nitrogens is 1. The molecule has 172 valence electrons. The van der Waals surface area contributed by atoms with E-state index in [1.165, 1.54) is 24.5 Å². The van der Waals surface area contributed by atoms with Gasteiger partial charge in [0.05, 0.1) is 23.2 Å². The molecule has 5 heterocycles. The summed E-state index contributed by atoms with van der Waals surface area (Å²) in [6.07, 6.45) is -7.57. The van der Waals surface area contributed by atoms with Crippen LogP contribution in [-0.2, 0) is 18.8 Å². The number of imidazole rings is 1. The summed E-state index contributed by atoms with van der Waals surface area (Å²) in [7, 11) is 0. The molecular formula is C19H12F6N6O2. The van der Waals surface area contributed by atoms with Gasteiger partial charge in [0.2, 0.25) is 5.76 Å². The molecule has 1 amide bonds. The van der Waals surface area contributed by atoms with Crippen molar-refractivity contribution < 1.29 is 35.6 Å². The maximum absolute atomic E-state index is 13.4. The normalized spacial score (nSPS) is 16.9. The van der Waals surface area contributed by atoms with Crippen LogP contribution in [0.1, 0.15) is 45.1 Å². The number of aromatic nitrogens is 5. The SMILES string of the molecule is O=C(c1ocnc1C(F)(F)F)N1CCc2[nH]cnc2[C@H]1c1cc2cccc(C(F)(F)F)n2n1. The highest BCUT2D eigenvalue weighted by molar-refractivity contribution is 5.93. The van der Waals surface area contributed by atoms with E-state index in [9.17, 15) is 31.1 Å². The number of hydrogen-bond donors (Lipinski definition) is 1. The Morgan fingerprint density at radius 2 is 1.91 bits per heavy atom. The van der Waals surface area contributed by atoms with E-state index in [0.717, 1.165) is 11.0 Å². The van der Waals surface area contributed by atoms with E-state index in [1.54, 1.807) is 0 Å². The molecular weight excluding hydrogens is 458 g/mol. The molecule has 0 unspecified atom stereocenters. The first-order chi connectivity index (χ1) is 15.6. The van der Waals surface area contributed by atoms with Crippen molar-refractivity contribution in [2.24, 2.45) is 0 Å². The van der Waals surface area contributed by atoms with Crippen molar-refractivity contribution in [2.75, 3.05) is 6.54 Å². The first-order valence-electron chi connectivity index (χ1n) is 9.45. The minimum Gasteiger partial charge on any atom is -0.438 e. The Bertz CT molecular complexity index is 1350. The molecule has 0 aliphatic carbocycles. The molecule has 33 heavy (non-hydrogen) atoms. The van der Waals surface area contributed by atoms with E-state index in [1.807, 2.05) is 0 Å². The number of nitrogens with one attached hydrogen (secondary N) is 1. The monoisotopic (exact) mass is 470 g/mol. The Morgan fingerprint density at radius 3 is 2.64 bits per heavy atom. The molecule has 8 nitrogen and oxygen atoms in total.